The number of non-ortho nitro benzene ring substituents is 1. The highest BCUT2D eigenvalue weighted by Crippen LogP contribution is 2.21. The molecule has 4 nitrogen and oxygen atoms in total. The van der Waals surface area contributed by atoms with E-state index in [1.165, 1.54) is 12.1 Å². The van der Waals surface area contributed by atoms with Gasteiger partial charge in [-0.1, -0.05) is 19.4 Å². The van der Waals surface area contributed by atoms with Crippen molar-refractivity contribution in [3.8, 4) is 0 Å². The second-order valence-corrected chi connectivity index (χ2v) is 4.84. The van der Waals surface area contributed by atoms with Gasteiger partial charge in [0, 0.05) is 15.7 Å². The summed E-state index contributed by atoms with van der Waals surface area (Å²) in [5, 5.41) is 20.2. The summed E-state index contributed by atoms with van der Waals surface area (Å²) in [5.41, 5.74) is 1.06. The van der Waals surface area contributed by atoms with Gasteiger partial charge in [0.15, 0.2) is 0 Å². The molecule has 88 valence electrons. The first-order chi connectivity index (χ1) is 7.54. The minimum Gasteiger partial charge on any atom is -0.393 e. The van der Waals surface area contributed by atoms with Crippen LogP contribution in [0, 0.1) is 13.7 Å². The average Bonchev–Trinajstić information content (AvgIpc) is 2.21. The van der Waals surface area contributed by atoms with Crippen molar-refractivity contribution in [2.75, 3.05) is 0 Å². The van der Waals surface area contributed by atoms with Crippen molar-refractivity contribution in [2.45, 2.75) is 32.3 Å². The number of halogens is 1. The van der Waals surface area contributed by atoms with Crippen LogP contribution in [-0.4, -0.2) is 16.1 Å². The van der Waals surface area contributed by atoms with Gasteiger partial charge < -0.3 is 5.11 Å². The molecular formula is C11H14INO3. The van der Waals surface area contributed by atoms with E-state index in [-0.39, 0.29) is 11.8 Å². The van der Waals surface area contributed by atoms with E-state index in [0.29, 0.717) is 6.42 Å². The number of aliphatic hydroxyl groups excluding tert-OH is 1. The summed E-state index contributed by atoms with van der Waals surface area (Å²) in [5.74, 6) is 0. The van der Waals surface area contributed by atoms with Gasteiger partial charge in [-0.25, -0.2) is 0 Å². The van der Waals surface area contributed by atoms with Crippen LogP contribution in [0.4, 0.5) is 5.69 Å². The third-order valence-corrected chi connectivity index (χ3v) is 3.33. The summed E-state index contributed by atoms with van der Waals surface area (Å²) in [6.45, 7) is 2.02. The summed E-state index contributed by atoms with van der Waals surface area (Å²) in [6, 6.07) is 4.74. The van der Waals surface area contributed by atoms with E-state index >= 15 is 0 Å². The lowest BCUT2D eigenvalue weighted by Gasteiger charge is -2.10. The molecule has 1 aromatic rings. The fourth-order valence-corrected chi connectivity index (χ4v) is 2.22. The van der Waals surface area contributed by atoms with Crippen LogP contribution in [0.5, 0.6) is 0 Å². The molecule has 0 aromatic heterocycles. The Morgan fingerprint density at radius 2 is 2.25 bits per heavy atom. The normalized spacial score (nSPS) is 12.4. The van der Waals surface area contributed by atoms with Crippen LogP contribution in [0.25, 0.3) is 0 Å². The molecule has 0 bridgehead atoms. The van der Waals surface area contributed by atoms with Gasteiger partial charge >= 0.3 is 0 Å². The smallest absolute Gasteiger partial charge is 0.270 e. The van der Waals surface area contributed by atoms with E-state index in [1.807, 2.05) is 6.92 Å². The predicted octanol–water partition coefficient (Wildman–Crippen LogP) is 2.90. The van der Waals surface area contributed by atoms with Crippen LogP contribution < -0.4 is 0 Å². The quantitative estimate of drug-likeness (QED) is 0.511. The van der Waals surface area contributed by atoms with Crippen LogP contribution in [0.15, 0.2) is 18.2 Å². The Morgan fingerprint density at radius 1 is 1.56 bits per heavy atom. The molecule has 0 aliphatic heterocycles. The number of nitro groups is 1. The Bertz CT molecular complexity index is 381. The lowest BCUT2D eigenvalue weighted by molar-refractivity contribution is -0.385. The number of nitrogens with zero attached hydrogens (tertiary/aromatic N) is 1. The Morgan fingerprint density at radius 3 is 2.75 bits per heavy atom. The van der Waals surface area contributed by atoms with Crippen molar-refractivity contribution in [1.82, 2.24) is 0 Å². The maximum Gasteiger partial charge on any atom is 0.270 e. The van der Waals surface area contributed by atoms with E-state index in [0.717, 1.165) is 22.0 Å². The molecule has 0 aliphatic carbocycles. The van der Waals surface area contributed by atoms with Gasteiger partial charge in [0.1, 0.15) is 0 Å². The average molecular weight is 335 g/mol. The number of hydrogen-bond donors (Lipinski definition) is 1. The summed E-state index contributed by atoms with van der Waals surface area (Å²) in [7, 11) is 0. The fraction of sp³-hybridized carbons (Fsp3) is 0.455. The topological polar surface area (TPSA) is 63.4 Å². The lowest BCUT2D eigenvalue weighted by atomic mass is 10.0. The number of aliphatic hydroxyl groups is 1. The zero-order chi connectivity index (χ0) is 12.1. The van der Waals surface area contributed by atoms with Crippen LogP contribution in [0.3, 0.4) is 0 Å². The van der Waals surface area contributed by atoms with E-state index in [4.69, 9.17) is 0 Å². The zero-order valence-corrected chi connectivity index (χ0v) is 11.2. The zero-order valence-electron chi connectivity index (χ0n) is 9.02. The van der Waals surface area contributed by atoms with Crippen LogP contribution in [0.2, 0.25) is 0 Å². The highest BCUT2D eigenvalue weighted by molar-refractivity contribution is 14.1. The van der Waals surface area contributed by atoms with Gasteiger partial charge in [0.25, 0.3) is 5.69 Å². The van der Waals surface area contributed by atoms with Crippen molar-refractivity contribution < 1.29 is 10.0 Å². The van der Waals surface area contributed by atoms with Crippen LogP contribution in [-0.2, 0) is 6.42 Å². The van der Waals surface area contributed by atoms with Gasteiger partial charge in [-0.3, -0.25) is 10.1 Å². The van der Waals surface area contributed by atoms with E-state index in [9.17, 15) is 15.2 Å². The van der Waals surface area contributed by atoms with E-state index in [2.05, 4.69) is 22.6 Å². The number of rotatable bonds is 5. The molecule has 0 spiro atoms. The second kappa shape index (κ2) is 6.15. The molecule has 0 heterocycles. The molecule has 0 fully saturated rings. The molecular weight excluding hydrogens is 321 g/mol. The molecule has 1 rings (SSSR count). The van der Waals surface area contributed by atoms with Gasteiger partial charge in [0.2, 0.25) is 0 Å². The lowest BCUT2D eigenvalue weighted by Crippen LogP contribution is -2.10. The third-order valence-electron chi connectivity index (χ3n) is 2.32. The molecule has 1 N–H and O–H groups in total. The van der Waals surface area contributed by atoms with Crippen molar-refractivity contribution >= 4 is 28.3 Å². The van der Waals surface area contributed by atoms with Crippen molar-refractivity contribution in [3.63, 3.8) is 0 Å². The predicted molar refractivity (Wildman–Crippen MR) is 70.4 cm³/mol. The minimum absolute atomic E-state index is 0.0955. The maximum absolute atomic E-state index is 10.5. The van der Waals surface area contributed by atoms with Gasteiger partial charge in [0.05, 0.1) is 11.0 Å². The summed E-state index contributed by atoms with van der Waals surface area (Å²) >= 11 is 2.07. The standard InChI is InChI=1S/C11H14INO3/c1-2-3-10(14)6-8-4-5-9(13(15)16)7-11(8)12/h4-5,7,10,14H,2-3,6H2,1H3. The first kappa shape index (κ1) is 13.4. The van der Waals surface area contributed by atoms with Crippen LogP contribution in [0.1, 0.15) is 25.3 Å². The van der Waals surface area contributed by atoms with Gasteiger partial charge in [-0.15, -0.1) is 0 Å². The minimum atomic E-state index is -0.408. The van der Waals surface area contributed by atoms with Crippen LogP contribution >= 0.6 is 22.6 Å². The summed E-state index contributed by atoms with van der Waals surface area (Å²) in [4.78, 5) is 10.1. The maximum atomic E-state index is 10.5. The van der Waals surface area contributed by atoms with E-state index < -0.39 is 4.92 Å². The molecule has 1 atom stereocenters. The monoisotopic (exact) mass is 335 g/mol. The van der Waals surface area contributed by atoms with Gasteiger partial charge in [-0.05, 0) is 41.0 Å². The Balaban J connectivity index is 2.79. The molecule has 0 amide bonds. The molecule has 16 heavy (non-hydrogen) atoms. The summed E-state index contributed by atoms with van der Waals surface area (Å²) < 4.78 is 0.835. The Kier molecular flexibility index (Phi) is 5.14. The molecule has 0 radical (unpaired) electrons. The molecule has 1 aromatic carbocycles. The molecule has 0 saturated heterocycles. The first-order valence-electron chi connectivity index (χ1n) is 5.15. The Hall–Kier alpha value is -0.690. The van der Waals surface area contributed by atoms with Gasteiger partial charge in [-0.2, -0.15) is 0 Å². The largest absolute Gasteiger partial charge is 0.393 e. The molecule has 1 unspecified atom stereocenters. The molecule has 0 aliphatic rings. The van der Waals surface area contributed by atoms with Crippen molar-refractivity contribution in [3.05, 3.63) is 37.4 Å². The van der Waals surface area contributed by atoms with Crippen molar-refractivity contribution in [1.29, 1.82) is 0 Å². The highest BCUT2D eigenvalue weighted by Gasteiger charge is 2.11. The van der Waals surface area contributed by atoms with E-state index in [1.54, 1.807) is 6.07 Å². The number of nitro benzene ring substituents is 1. The third kappa shape index (κ3) is 3.71. The second-order valence-electron chi connectivity index (χ2n) is 3.68. The fourth-order valence-electron chi connectivity index (χ4n) is 1.50. The molecule has 5 heteroatoms. The summed E-state index contributed by atoms with van der Waals surface area (Å²) in [6.07, 6.45) is 1.89. The Labute approximate surface area is 108 Å². The number of benzene rings is 1. The molecule has 0 saturated carbocycles. The highest BCUT2D eigenvalue weighted by atomic mass is 127. The van der Waals surface area contributed by atoms with Crippen molar-refractivity contribution in [2.24, 2.45) is 0 Å². The SMILES string of the molecule is CCCC(O)Cc1ccc([N+](=O)[O-])cc1I. The first-order valence-corrected chi connectivity index (χ1v) is 6.23. The number of hydrogen-bond acceptors (Lipinski definition) is 3.